The molecule has 0 atom stereocenters. The highest BCUT2D eigenvalue weighted by Gasteiger charge is 2.12. The van der Waals surface area contributed by atoms with E-state index in [1.165, 1.54) is 6.07 Å². The van der Waals surface area contributed by atoms with Crippen molar-refractivity contribution >= 4 is 44.5 Å². The number of ether oxygens (including phenoxy) is 1. The molecule has 0 saturated heterocycles. The van der Waals surface area contributed by atoms with Gasteiger partial charge in [0, 0.05) is 8.04 Å². The number of carboxylic acid groups (broad SMARTS) is 1. The molecule has 0 spiro atoms. The summed E-state index contributed by atoms with van der Waals surface area (Å²) in [6, 6.07) is 12.2. The maximum atomic E-state index is 11.1. The molecule has 0 amide bonds. The van der Waals surface area contributed by atoms with Crippen molar-refractivity contribution < 1.29 is 14.6 Å². The number of hydrogen-bond donors (Lipinski definition) is 1. The molecule has 2 aromatic carbocycles. The molecule has 5 heteroatoms. The maximum absolute atomic E-state index is 11.1. The third-order valence-corrected chi connectivity index (χ3v) is 3.36. The van der Waals surface area contributed by atoms with E-state index in [0.717, 1.165) is 8.04 Å². The van der Waals surface area contributed by atoms with Crippen LogP contribution < -0.4 is 4.74 Å². The summed E-state index contributed by atoms with van der Waals surface area (Å²) in [5.41, 5.74) is 0.136. The molecule has 0 saturated carbocycles. The summed E-state index contributed by atoms with van der Waals surface area (Å²) in [5.74, 6) is -0.0792. The second-order valence-corrected chi connectivity index (χ2v) is 5.67. The summed E-state index contributed by atoms with van der Waals surface area (Å²) >= 11 is 5.47. The Labute approximate surface area is 126 Å². The average molecular weight is 419 g/mol. The first-order valence-corrected chi connectivity index (χ1v) is 6.90. The quantitative estimate of drug-likeness (QED) is 0.744. The topological polar surface area (TPSA) is 46.5 Å². The van der Waals surface area contributed by atoms with E-state index in [0.29, 0.717) is 11.5 Å². The zero-order valence-corrected chi connectivity index (χ0v) is 12.8. The Morgan fingerprint density at radius 2 is 2.00 bits per heavy atom. The Hall–Kier alpha value is -1.08. The van der Waals surface area contributed by atoms with Gasteiger partial charge in [0.2, 0.25) is 0 Å². The Morgan fingerprint density at radius 3 is 2.67 bits per heavy atom. The molecule has 1 N–H and O–H groups in total. The van der Waals surface area contributed by atoms with Crippen LogP contribution in [0, 0.1) is 3.57 Å². The Bertz CT molecular complexity index is 599. The molecule has 0 aliphatic heterocycles. The monoisotopic (exact) mass is 418 g/mol. The van der Waals surface area contributed by atoms with E-state index in [2.05, 4.69) is 38.5 Å². The van der Waals surface area contributed by atoms with Gasteiger partial charge in [0.25, 0.3) is 0 Å². The third kappa shape index (κ3) is 3.23. The molecular weight excluding hydrogens is 411 g/mol. The summed E-state index contributed by atoms with van der Waals surface area (Å²) in [6.07, 6.45) is 0. The second kappa shape index (κ2) is 5.71. The fourth-order valence-electron chi connectivity index (χ4n) is 1.41. The molecule has 0 aromatic heterocycles. The number of carboxylic acids is 1. The summed E-state index contributed by atoms with van der Waals surface area (Å²) in [7, 11) is 0. The molecule has 3 nitrogen and oxygen atoms in total. The fraction of sp³-hybridized carbons (Fsp3) is 0. The van der Waals surface area contributed by atoms with E-state index in [1.54, 1.807) is 18.2 Å². The molecule has 0 radical (unpaired) electrons. The predicted octanol–water partition coefficient (Wildman–Crippen LogP) is 4.54. The lowest BCUT2D eigenvalue weighted by atomic mass is 10.2. The van der Waals surface area contributed by atoms with Crippen molar-refractivity contribution in [1.82, 2.24) is 0 Å². The molecule has 0 bridgehead atoms. The third-order valence-electron chi connectivity index (χ3n) is 2.20. The average Bonchev–Trinajstić information content (AvgIpc) is 2.28. The van der Waals surface area contributed by atoms with Crippen LogP contribution in [0.4, 0.5) is 0 Å². The zero-order chi connectivity index (χ0) is 13.1. The van der Waals surface area contributed by atoms with Crippen LogP contribution in [0.5, 0.6) is 11.5 Å². The second-order valence-electron chi connectivity index (χ2n) is 3.51. The van der Waals surface area contributed by atoms with Crippen LogP contribution in [-0.2, 0) is 0 Å². The molecule has 0 heterocycles. The largest absolute Gasteiger partial charge is 0.478 e. The molecule has 0 aliphatic rings. The normalized spacial score (nSPS) is 10.1. The van der Waals surface area contributed by atoms with Crippen LogP contribution in [0.2, 0.25) is 0 Å². The molecule has 0 aliphatic carbocycles. The van der Waals surface area contributed by atoms with Gasteiger partial charge in [0.05, 0.1) is 0 Å². The number of benzene rings is 2. The lowest BCUT2D eigenvalue weighted by molar-refractivity contribution is 0.0694. The molecule has 92 valence electrons. The zero-order valence-electron chi connectivity index (χ0n) is 9.06. The lowest BCUT2D eigenvalue weighted by Crippen LogP contribution is -1.99. The van der Waals surface area contributed by atoms with Gasteiger partial charge in [-0.2, -0.15) is 0 Å². The minimum absolute atomic E-state index is 0.136. The van der Waals surface area contributed by atoms with Crippen LogP contribution in [0.25, 0.3) is 0 Å². The Balaban J connectivity index is 2.39. The Morgan fingerprint density at radius 1 is 1.22 bits per heavy atom. The van der Waals surface area contributed by atoms with Crippen LogP contribution in [0.1, 0.15) is 10.4 Å². The number of halogens is 2. The first kappa shape index (κ1) is 13.4. The highest BCUT2D eigenvalue weighted by Crippen LogP contribution is 2.29. The highest BCUT2D eigenvalue weighted by molar-refractivity contribution is 14.1. The van der Waals surface area contributed by atoms with E-state index >= 15 is 0 Å². The van der Waals surface area contributed by atoms with E-state index in [4.69, 9.17) is 9.84 Å². The van der Waals surface area contributed by atoms with Crippen molar-refractivity contribution in [2.45, 2.75) is 0 Å². The van der Waals surface area contributed by atoms with Crippen molar-refractivity contribution in [2.75, 3.05) is 0 Å². The number of hydrogen-bond acceptors (Lipinski definition) is 2. The van der Waals surface area contributed by atoms with E-state index < -0.39 is 5.97 Å². The minimum atomic E-state index is -1.01. The fourth-order valence-corrected chi connectivity index (χ4v) is 2.27. The van der Waals surface area contributed by atoms with Crippen molar-refractivity contribution in [3.05, 3.63) is 56.1 Å². The number of aromatic carboxylic acids is 1. The Kier molecular flexibility index (Phi) is 4.23. The summed E-state index contributed by atoms with van der Waals surface area (Å²) in [4.78, 5) is 11.1. The first-order valence-electron chi connectivity index (χ1n) is 5.02. The number of rotatable bonds is 3. The molecule has 2 rings (SSSR count). The van der Waals surface area contributed by atoms with Gasteiger partial charge < -0.3 is 9.84 Å². The molecule has 18 heavy (non-hydrogen) atoms. The van der Waals surface area contributed by atoms with Crippen molar-refractivity contribution in [1.29, 1.82) is 0 Å². The standard InChI is InChI=1S/C13H8BrIO3/c14-8-4-5-11(13(16)17)12(6-8)18-10-3-1-2-9(15)7-10/h1-7H,(H,16,17). The van der Waals surface area contributed by atoms with Gasteiger partial charge in [-0.05, 0) is 59.0 Å². The van der Waals surface area contributed by atoms with E-state index in [1.807, 2.05) is 18.2 Å². The number of carbonyl (C=O) groups is 1. The van der Waals surface area contributed by atoms with Crippen LogP contribution in [0.15, 0.2) is 46.9 Å². The van der Waals surface area contributed by atoms with Crippen molar-refractivity contribution in [3.63, 3.8) is 0 Å². The van der Waals surface area contributed by atoms with Crippen LogP contribution in [-0.4, -0.2) is 11.1 Å². The van der Waals surface area contributed by atoms with Gasteiger partial charge in [-0.15, -0.1) is 0 Å². The van der Waals surface area contributed by atoms with Gasteiger partial charge in [-0.3, -0.25) is 0 Å². The van der Waals surface area contributed by atoms with E-state index in [-0.39, 0.29) is 5.56 Å². The van der Waals surface area contributed by atoms with Crippen LogP contribution in [0.3, 0.4) is 0 Å². The first-order chi connectivity index (χ1) is 8.56. The summed E-state index contributed by atoms with van der Waals surface area (Å²) in [6.45, 7) is 0. The minimum Gasteiger partial charge on any atom is -0.478 e. The highest BCUT2D eigenvalue weighted by atomic mass is 127. The van der Waals surface area contributed by atoms with Gasteiger partial charge in [-0.1, -0.05) is 22.0 Å². The molecule has 0 fully saturated rings. The smallest absolute Gasteiger partial charge is 0.339 e. The van der Waals surface area contributed by atoms with Crippen molar-refractivity contribution in [3.8, 4) is 11.5 Å². The van der Waals surface area contributed by atoms with Gasteiger partial charge in [-0.25, -0.2) is 4.79 Å². The van der Waals surface area contributed by atoms with Gasteiger partial charge in [0.15, 0.2) is 0 Å². The molecule has 0 unspecified atom stereocenters. The van der Waals surface area contributed by atoms with Gasteiger partial charge >= 0.3 is 5.97 Å². The summed E-state index contributed by atoms with van der Waals surface area (Å²) < 4.78 is 7.41. The predicted molar refractivity (Wildman–Crippen MR) is 80.3 cm³/mol. The molecule has 2 aromatic rings. The van der Waals surface area contributed by atoms with Crippen LogP contribution >= 0.6 is 38.5 Å². The molecular formula is C13H8BrIO3. The van der Waals surface area contributed by atoms with Crippen molar-refractivity contribution in [2.24, 2.45) is 0 Å². The maximum Gasteiger partial charge on any atom is 0.339 e. The van der Waals surface area contributed by atoms with E-state index in [9.17, 15) is 4.79 Å². The SMILES string of the molecule is O=C(O)c1ccc(Br)cc1Oc1cccc(I)c1. The summed E-state index contributed by atoms with van der Waals surface area (Å²) in [5, 5.41) is 9.09. The van der Waals surface area contributed by atoms with Gasteiger partial charge in [0.1, 0.15) is 17.1 Å². The lowest BCUT2D eigenvalue weighted by Gasteiger charge is -2.09.